The molecule has 27 heavy (non-hydrogen) atoms. The Balaban J connectivity index is 1.83. The number of pyridine rings is 1. The molecule has 0 fully saturated rings. The third-order valence-corrected chi connectivity index (χ3v) is 4.89. The Kier molecular flexibility index (Phi) is 3.61. The number of fused-ring (bicyclic) bond motifs is 3. The van der Waals surface area contributed by atoms with Gasteiger partial charge < -0.3 is 0 Å². The van der Waals surface area contributed by atoms with Crippen molar-refractivity contribution >= 4 is 21.8 Å². The molecule has 1 N–H and O–H groups in total. The Morgan fingerprint density at radius 3 is 2.26 bits per heavy atom. The molecule has 0 aliphatic carbocycles. The SMILES string of the molecule is O=c1c2c([nH]n1-c1ccccc1)c1ccccc1c[n+]2Cc1ccccc1. The number of aromatic nitrogens is 3. The number of nitrogens with zero attached hydrogens (tertiary/aromatic N) is 2. The first-order valence-electron chi connectivity index (χ1n) is 8.96. The maximum Gasteiger partial charge on any atom is 0.344 e. The van der Waals surface area contributed by atoms with Crippen molar-refractivity contribution in [1.82, 2.24) is 9.78 Å². The number of hydrogen-bond acceptors (Lipinski definition) is 1. The summed E-state index contributed by atoms with van der Waals surface area (Å²) < 4.78 is 3.67. The molecular formula is C23H18N3O+. The smallest absolute Gasteiger partial charge is 0.284 e. The molecule has 0 unspecified atom stereocenters. The van der Waals surface area contributed by atoms with Gasteiger partial charge in [0, 0.05) is 16.3 Å². The van der Waals surface area contributed by atoms with E-state index in [1.807, 2.05) is 65.2 Å². The van der Waals surface area contributed by atoms with Crippen LogP contribution in [0.5, 0.6) is 0 Å². The molecule has 0 atom stereocenters. The van der Waals surface area contributed by atoms with Gasteiger partial charge in [0.15, 0.2) is 12.7 Å². The van der Waals surface area contributed by atoms with Gasteiger partial charge >= 0.3 is 5.56 Å². The standard InChI is InChI=1S/C23H17N3O/c27-23-22-21(24-26(23)19-12-5-2-6-13-19)20-14-8-7-11-18(20)16-25(22)15-17-9-3-1-4-10-17/h1-14,16H,15H2/p+1. The summed E-state index contributed by atoms with van der Waals surface area (Å²) >= 11 is 0. The van der Waals surface area contributed by atoms with Gasteiger partial charge in [-0.2, -0.15) is 4.57 Å². The van der Waals surface area contributed by atoms with Gasteiger partial charge in [-0.05, 0) is 18.2 Å². The number of aromatic amines is 1. The summed E-state index contributed by atoms with van der Waals surface area (Å²) in [6, 6.07) is 28.0. The van der Waals surface area contributed by atoms with Gasteiger partial charge in [0.25, 0.3) is 5.52 Å². The van der Waals surface area contributed by atoms with Crippen molar-refractivity contribution in [1.29, 1.82) is 0 Å². The van der Waals surface area contributed by atoms with Crippen LogP contribution in [0, 0.1) is 0 Å². The van der Waals surface area contributed by atoms with E-state index in [4.69, 9.17) is 0 Å². The highest BCUT2D eigenvalue weighted by Crippen LogP contribution is 2.20. The lowest BCUT2D eigenvalue weighted by Crippen LogP contribution is -2.38. The van der Waals surface area contributed by atoms with Crippen LogP contribution in [0.1, 0.15) is 5.56 Å². The van der Waals surface area contributed by atoms with Crippen LogP contribution >= 0.6 is 0 Å². The third-order valence-electron chi connectivity index (χ3n) is 4.89. The molecule has 0 aliphatic heterocycles. The molecule has 2 heterocycles. The van der Waals surface area contributed by atoms with Crippen molar-refractivity contribution in [3.63, 3.8) is 0 Å². The van der Waals surface area contributed by atoms with Gasteiger partial charge in [-0.15, -0.1) is 0 Å². The minimum Gasteiger partial charge on any atom is -0.284 e. The van der Waals surface area contributed by atoms with E-state index in [9.17, 15) is 4.79 Å². The van der Waals surface area contributed by atoms with E-state index in [0.29, 0.717) is 12.1 Å². The molecule has 5 aromatic rings. The van der Waals surface area contributed by atoms with Crippen LogP contribution in [0.3, 0.4) is 0 Å². The number of rotatable bonds is 3. The summed E-state index contributed by atoms with van der Waals surface area (Å²) in [6.45, 7) is 0.643. The molecule has 0 saturated heterocycles. The Hall–Kier alpha value is -3.66. The van der Waals surface area contributed by atoms with E-state index in [0.717, 1.165) is 27.5 Å². The van der Waals surface area contributed by atoms with E-state index in [1.54, 1.807) is 4.68 Å². The van der Waals surface area contributed by atoms with Crippen LogP contribution in [-0.4, -0.2) is 9.78 Å². The third kappa shape index (κ3) is 2.62. The van der Waals surface area contributed by atoms with Crippen molar-refractivity contribution in [2.24, 2.45) is 0 Å². The fourth-order valence-electron chi connectivity index (χ4n) is 3.62. The molecule has 0 amide bonds. The molecule has 130 valence electrons. The molecule has 0 radical (unpaired) electrons. The van der Waals surface area contributed by atoms with Crippen LogP contribution in [0.25, 0.3) is 27.5 Å². The molecule has 0 aliphatic rings. The van der Waals surface area contributed by atoms with E-state index < -0.39 is 0 Å². The second-order valence-corrected chi connectivity index (χ2v) is 6.64. The van der Waals surface area contributed by atoms with Gasteiger partial charge in [-0.25, -0.2) is 4.68 Å². The van der Waals surface area contributed by atoms with Crippen LogP contribution in [-0.2, 0) is 6.54 Å². The van der Waals surface area contributed by atoms with Crippen LogP contribution < -0.4 is 10.1 Å². The van der Waals surface area contributed by atoms with Crippen molar-refractivity contribution in [2.45, 2.75) is 6.54 Å². The highest BCUT2D eigenvalue weighted by atomic mass is 16.1. The lowest BCUT2D eigenvalue weighted by atomic mass is 10.1. The lowest BCUT2D eigenvalue weighted by Gasteiger charge is -2.02. The van der Waals surface area contributed by atoms with Crippen LogP contribution in [0.15, 0.2) is 95.9 Å². The number of nitrogens with one attached hydrogen (secondary N) is 1. The topological polar surface area (TPSA) is 41.7 Å². The van der Waals surface area contributed by atoms with E-state index in [1.165, 1.54) is 0 Å². The average molecular weight is 352 g/mol. The zero-order chi connectivity index (χ0) is 18.2. The van der Waals surface area contributed by atoms with Crippen LogP contribution in [0.4, 0.5) is 0 Å². The normalized spacial score (nSPS) is 11.3. The summed E-state index contributed by atoms with van der Waals surface area (Å²) in [7, 11) is 0. The Labute approximate surface area is 155 Å². The Morgan fingerprint density at radius 2 is 1.48 bits per heavy atom. The zero-order valence-electron chi connectivity index (χ0n) is 14.7. The predicted molar refractivity (Wildman–Crippen MR) is 107 cm³/mol. The van der Waals surface area contributed by atoms with Gasteiger partial charge in [0.05, 0.1) is 5.69 Å². The monoisotopic (exact) mass is 352 g/mol. The largest absolute Gasteiger partial charge is 0.344 e. The Morgan fingerprint density at radius 1 is 0.815 bits per heavy atom. The summed E-state index contributed by atoms with van der Waals surface area (Å²) in [5.74, 6) is 0. The molecule has 5 rings (SSSR count). The summed E-state index contributed by atoms with van der Waals surface area (Å²) in [5, 5.41) is 5.48. The summed E-state index contributed by atoms with van der Waals surface area (Å²) in [5.41, 5.74) is 3.48. The van der Waals surface area contributed by atoms with Gasteiger partial charge in [0.1, 0.15) is 5.52 Å². The zero-order valence-corrected chi connectivity index (χ0v) is 14.7. The molecule has 3 aromatic carbocycles. The van der Waals surface area contributed by atoms with E-state index in [-0.39, 0.29) is 5.56 Å². The fourth-order valence-corrected chi connectivity index (χ4v) is 3.62. The molecule has 0 saturated carbocycles. The molecular weight excluding hydrogens is 334 g/mol. The highest BCUT2D eigenvalue weighted by Gasteiger charge is 2.22. The second kappa shape index (κ2) is 6.25. The lowest BCUT2D eigenvalue weighted by molar-refractivity contribution is -0.661. The van der Waals surface area contributed by atoms with Crippen molar-refractivity contribution in [3.05, 3.63) is 107 Å². The average Bonchev–Trinajstić information content (AvgIpc) is 3.07. The van der Waals surface area contributed by atoms with Crippen molar-refractivity contribution in [3.8, 4) is 5.69 Å². The van der Waals surface area contributed by atoms with Gasteiger partial charge in [-0.1, -0.05) is 66.7 Å². The molecule has 0 spiro atoms. The molecule has 2 aromatic heterocycles. The maximum absolute atomic E-state index is 13.3. The van der Waals surface area contributed by atoms with Crippen molar-refractivity contribution in [2.75, 3.05) is 0 Å². The predicted octanol–water partition coefficient (Wildman–Crippen LogP) is 3.81. The van der Waals surface area contributed by atoms with Gasteiger partial charge in [-0.3, -0.25) is 9.89 Å². The number of hydrogen-bond donors (Lipinski definition) is 1. The molecule has 4 heteroatoms. The maximum atomic E-state index is 13.3. The summed E-state index contributed by atoms with van der Waals surface area (Å²) in [6.07, 6.45) is 2.06. The Bertz CT molecular complexity index is 1300. The molecule has 0 bridgehead atoms. The van der Waals surface area contributed by atoms with E-state index in [2.05, 4.69) is 35.6 Å². The van der Waals surface area contributed by atoms with Crippen LogP contribution in [0.2, 0.25) is 0 Å². The minimum atomic E-state index is -0.0436. The summed E-state index contributed by atoms with van der Waals surface area (Å²) in [4.78, 5) is 13.3. The second-order valence-electron chi connectivity index (χ2n) is 6.64. The molecule has 4 nitrogen and oxygen atoms in total. The quantitative estimate of drug-likeness (QED) is 0.493. The van der Waals surface area contributed by atoms with Crippen molar-refractivity contribution < 1.29 is 4.57 Å². The first-order chi connectivity index (χ1) is 13.3. The van der Waals surface area contributed by atoms with E-state index >= 15 is 0 Å². The highest BCUT2D eigenvalue weighted by molar-refractivity contribution is 6.01. The fraction of sp³-hybridized carbons (Fsp3) is 0.0435. The minimum absolute atomic E-state index is 0.0436. The number of H-pyrrole nitrogens is 1. The van der Waals surface area contributed by atoms with Gasteiger partial charge in [0.2, 0.25) is 0 Å². The number of para-hydroxylation sites is 1. The number of benzene rings is 3. The first-order valence-corrected chi connectivity index (χ1v) is 8.96. The first kappa shape index (κ1) is 15.6.